The molecule has 1 atom stereocenters. The number of hydrogen-bond acceptors (Lipinski definition) is 3. The van der Waals surface area contributed by atoms with E-state index in [0.717, 1.165) is 5.75 Å². The predicted octanol–water partition coefficient (Wildman–Crippen LogP) is 4.08. The maximum absolute atomic E-state index is 8.54. The standard InChI is InChI=1S/C11H23N2PS/c1-6-14(15-9-7-8-12)13(10(2)3)11(4)5/h10-11H,6-7,9H2,1-5H3. The van der Waals surface area contributed by atoms with Crippen LogP contribution < -0.4 is 0 Å². The molecule has 0 fully saturated rings. The fourth-order valence-corrected chi connectivity index (χ4v) is 6.68. The normalized spacial score (nSPS) is 13.5. The average molecular weight is 246 g/mol. The monoisotopic (exact) mass is 246 g/mol. The Kier molecular flexibility index (Phi) is 8.52. The number of rotatable bonds is 7. The van der Waals surface area contributed by atoms with Crippen LogP contribution >= 0.6 is 18.7 Å². The molecule has 0 saturated carbocycles. The molecule has 0 aromatic carbocycles. The summed E-state index contributed by atoms with van der Waals surface area (Å²) >= 11 is 1.98. The summed E-state index contributed by atoms with van der Waals surface area (Å²) in [6.45, 7) is 11.3. The lowest BCUT2D eigenvalue weighted by atomic mass is 10.3. The lowest BCUT2D eigenvalue weighted by Gasteiger charge is -2.37. The van der Waals surface area contributed by atoms with Gasteiger partial charge in [0.2, 0.25) is 0 Å². The van der Waals surface area contributed by atoms with Gasteiger partial charge in [0, 0.05) is 31.5 Å². The van der Waals surface area contributed by atoms with Crippen LogP contribution in [-0.2, 0) is 0 Å². The van der Waals surface area contributed by atoms with Crippen LogP contribution in [0.1, 0.15) is 41.0 Å². The van der Waals surface area contributed by atoms with Crippen LogP contribution in [0.5, 0.6) is 0 Å². The highest BCUT2D eigenvalue weighted by atomic mass is 32.7. The first-order valence-electron chi connectivity index (χ1n) is 5.60. The molecule has 0 heterocycles. The molecular formula is C11H23N2PS. The molecule has 88 valence electrons. The summed E-state index contributed by atoms with van der Waals surface area (Å²) in [4.78, 5) is 0. The van der Waals surface area contributed by atoms with E-state index < -0.39 is 0 Å². The second-order valence-corrected chi connectivity index (χ2v) is 8.48. The van der Waals surface area contributed by atoms with Gasteiger partial charge >= 0.3 is 0 Å². The zero-order valence-electron chi connectivity index (χ0n) is 10.5. The predicted molar refractivity (Wildman–Crippen MR) is 72.3 cm³/mol. The van der Waals surface area contributed by atoms with Crippen molar-refractivity contribution in [2.24, 2.45) is 0 Å². The van der Waals surface area contributed by atoms with Crippen LogP contribution in [0, 0.1) is 11.3 Å². The molecule has 2 nitrogen and oxygen atoms in total. The average Bonchev–Trinajstić information content (AvgIpc) is 2.15. The van der Waals surface area contributed by atoms with Gasteiger partial charge in [0.1, 0.15) is 0 Å². The summed E-state index contributed by atoms with van der Waals surface area (Å²) in [7, 11) is -0.113. The smallest absolute Gasteiger partial charge is 0.0630 e. The molecule has 0 radical (unpaired) electrons. The van der Waals surface area contributed by atoms with Gasteiger partial charge in [-0.25, -0.2) is 0 Å². The highest BCUT2D eigenvalue weighted by Crippen LogP contribution is 2.54. The summed E-state index contributed by atoms with van der Waals surface area (Å²) in [5, 5.41) is 8.54. The first-order valence-corrected chi connectivity index (χ1v) is 8.67. The Balaban J connectivity index is 4.27. The molecular weight excluding hydrogens is 223 g/mol. The molecule has 0 saturated heterocycles. The minimum absolute atomic E-state index is 0.113. The van der Waals surface area contributed by atoms with E-state index in [4.69, 9.17) is 5.26 Å². The molecule has 0 aliphatic carbocycles. The summed E-state index contributed by atoms with van der Waals surface area (Å²) in [5.41, 5.74) is 0. The van der Waals surface area contributed by atoms with Crippen molar-refractivity contribution in [1.82, 2.24) is 4.67 Å². The van der Waals surface area contributed by atoms with Crippen molar-refractivity contribution < 1.29 is 0 Å². The molecule has 0 aliphatic rings. The molecule has 0 aliphatic heterocycles. The van der Waals surface area contributed by atoms with Crippen molar-refractivity contribution in [2.45, 2.75) is 53.1 Å². The fraction of sp³-hybridized carbons (Fsp3) is 0.909. The molecule has 1 unspecified atom stereocenters. The van der Waals surface area contributed by atoms with Crippen LogP contribution in [0.25, 0.3) is 0 Å². The van der Waals surface area contributed by atoms with Gasteiger partial charge in [0.25, 0.3) is 0 Å². The van der Waals surface area contributed by atoms with Gasteiger partial charge in [-0.3, -0.25) is 4.67 Å². The van der Waals surface area contributed by atoms with E-state index in [0.29, 0.717) is 18.5 Å². The van der Waals surface area contributed by atoms with Gasteiger partial charge in [-0.15, -0.1) is 11.4 Å². The van der Waals surface area contributed by atoms with Crippen LogP contribution in [0.3, 0.4) is 0 Å². The Morgan fingerprint density at radius 3 is 2.13 bits per heavy atom. The second-order valence-electron chi connectivity index (χ2n) is 3.98. The van der Waals surface area contributed by atoms with Gasteiger partial charge in [-0.2, -0.15) is 5.26 Å². The summed E-state index contributed by atoms with van der Waals surface area (Å²) < 4.78 is 2.59. The Bertz CT molecular complexity index is 193. The zero-order valence-corrected chi connectivity index (χ0v) is 12.2. The van der Waals surface area contributed by atoms with E-state index in [-0.39, 0.29) is 7.27 Å². The SMILES string of the molecule is CCP(SCCC#N)N(C(C)C)C(C)C. The fourth-order valence-electron chi connectivity index (χ4n) is 1.63. The van der Waals surface area contributed by atoms with Gasteiger partial charge in [0.15, 0.2) is 0 Å². The van der Waals surface area contributed by atoms with E-state index in [9.17, 15) is 0 Å². The topological polar surface area (TPSA) is 27.0 Å². The van der Waals surface area contributed by atoms with E-state index in [1.807, 2.05) is 11.4 Å². The Labute approximate surface area is 100.0 Å². The third kappa shape index (κ3) is 5.76. The molecule has 0 spiro atoms. The highest BCUT2D eigenvalue weighted by Gasteiger charge is 2.22. The molecule has 0 N–H and O–H groups in total. The third-order valence-corrected chi connectivity index (χ3v) is 7.49. The Morgan fingerprint density at radius 2 is 1.80 bits per heavy atom. The number of hydrogen-bond donors (Lipinski definition) is 0. The lowest BCUT2D eigenvalue weighted by molar-refractivity contribution is 0.327. The van der Waals surface area contributed by atoms with Gasteiger partial charge in [0.05, 0.1) is 6.07 Å². The molecule has 0 amide bonds. The van der Waals surface area contributed by atoms with Crippen molar-refractivity contribution in [1.29, 1.82) is 5.26 Å². The maximum atomic E-state index is 8.54. The van der Waals surface area contributed by atoms with Crippen molar-refractivity contribution in [3.8, 4) is 6.07 Å². The minimum atomic E-state index is -0.113. The largest absolute Gasteiger partial charge is 0.269 e. The minimum Gasteiger partial charge on any atom is -0.269 e. The Morgan fingerprint density at radius 1 is 1.27 bits per heavy atom. The number of nitriles is 1. The highest BCUT2D eigenvalue weighted by molar-refractivity contribution is 8.55. The zero-order chi connectivity index (χ0) is 11.8. The first kappa shape index (κ1) is 15.2. The van der Waals surface area contributed by atoms with Crippen LogP contribution in [0.15, 0.2) is 0 Å². The van der Waals surface area contributed by atoms with E-state index in [1.165, 1.54) is 6.16 Å². The number of nitrogens with zero attached hydrogens (tertiary/aromatic N) is 2. The quantitative estimate of drug-likeness (QED) is 0.500. The Hall–Kier alpha value is 0.230. The summed E-state index contributed by atoms with van der Waals surface area (Å²) in [6.07, 6.45) is 1.88. The van der Waals surface area contributed by atoms with Crippen LogP contribution in [0.4, 0.5) is 0 Å². The molecule has 15 heavy (non-hydrogen) atoms. The van der Waals surface area contributed by atoms with Crippen molar-refractivity contribution in [3.63, 3.8) is 0 Å². The second kappa shape index (κ2) is 8.39. The maximum Gasteiger partial charge on any atom is 0.0630 e. The van der Waals surface area contributed by atoms with E-state index in [1.54, 1.807) is 0 Å². The summed E-state index contributed by atoms with van der Waals surface area (Å²) in [6, 6.07) is 3.42. The van der Waals surface area contributed by atoms with Gasteiger partial charge in [-0.1, -0.05) is 6.92 Å². The van der Waals surface area contributed by atoms with Gasteiger partial charge in [-0.05, 0) is 33.9 Å². The lowest BCUT2D eigenvalue weighted by Crippen LogP contribution is -2.32. The third-order valence-electron chi connectivity index (χ3n) is 2.04. The first-order chi connectivity index (χ1) is 7.04. The molecule has 4 heteroatoms. The van der Waals surface area contributed by atoms with Crippen molar-refractivity contribution in [2.75, 3.05) is 11.9 Å². The van der Waals surface area contributed by atoms with E-state index >= 15 is 0 Å². The van der Waals surface area contributed by atoms with Crippen molar-refractivity contribution in [3.05, 3.63) is 0 Å². The van der Waals surface area contributed by atoms with Gasteiger partial charge < -0.3 is 0 Å². The molecule has 0 aromatic rings. The van der Waals surface area contributed by atoms with E-state index in [2.05, 4.69) is 45.4 Å². The molecule has 0 aromatic heterocycles. The summed E-state index contributed by atoms with van der Waals surface area (Å²) in [5.74, 6) is 0.978. The molecule has 0 bridgehead atoms. The molecule has 0 rings (SSSR count). The van der Waals surface area contributed by atoms with Crippen molar-refractivity contribution >= 4 is 18.7 Å². The van der Waals surface area contributed by atoms with Crippen LogP contribution in [0.2, 0.25) is 0 Å². The van der Waals surface area contributed by atoms with Crippen LogP contribution in [-0.4, -0.2) is 28.7 Å².